The van der Waals surface area contributed by atoms with Crippen LogP contribution >= 0.6 is 23.2 Å². The molecule has 2 aliphatic rings. The summed E-state index contributed by atoms with van der Waals surface area (Å²) < 4.78 is 0. The van der Waals surface area contributed by atoms with Crippen molar-refractivity contribution in [3.63, 3.8) is 0 Å². The van der Waals surface area contributed by atoms with Gasteiger partial charge < -0.3 is 9.80 Å². The van der Waals surface area contributed by atoms with Crippen molar-refractivity contribution in [1.82, 2.24) is 0 Å². The van der Waals surface area contributed by atoms with Crippen LogP contribution in [0.15, 0.2) is 36.4 Å². The Bertz CT molecular complexity index is 1060. The van der Waals surface area contributed by atoms with Gasteiger partial charge in [-0.2, -0.15) is 0 Å². The first-order chi connectivity index (χ1) is 16.4. The molecule has 0 atom stereocenters. The fourth-order valence-electron chi connectivity index (χ4n) is 4.59. The number of fused-ring (bicyclic) bond motifs is 2. The van der Waals surface area contributed by atoms with Crippen LogP contribution in [0.4, 0.5) is 11.4 Å². The van der Waals surface area contributed by atoms with Gasteiger partial charge in [0.15, 0.2) is 0 Å². The molecule has 8 heteroatoms. The molecule has 0 aromatic heterocycles. The summed E-state index contributed by atoms with van der Waals surface area (Å²) in [6.45, 7) is 1.07. The van der Waals surface area contributed by atoms with E-state index < -0.39 is 23.4 Å². The molecular formula is C26H26Cl2N2O4. The van der Waals surface area contributed by atoms with Crippen LogP contribution in [0.3, 0.4) is 0 Å². The number of hydrogen-bond acceptors (Lipinski definition) is 4. The summed E-state index contributed by atoms with van der Waals surface area (Å²) in [5.41, 5.74) is 2.10. The molecule has 4 rings (SSSR count). The van der Waals surface area contributed by atoms with Crippen molar-refractivity contribution in [3.8, 4) is 0 Å². The Labute approximate surface area is 208 Å². The molecule has 0 bridgehead atoms. The lowest BCUT2D eigenvalue weighted by Gasteiger charge is -2.16. The molecule has 2 aromatic rings. The van der Waals surface area contributed by atoms with Gasteiger partial charge in [-0.3, -0.25) is 19.2 Å². The lowest BCUT2D eigenvalue weighted by Crippen LogP contribution is -2.30. The standard InChI is InChI=1S/C26H26Cl2N2O4/c27-17-9-11-21-19(15-17)23(31)25(33)29(21)13-7-5-3-1-2-4-6-8-14-30-22-12-10-18(28)16-20(22)24(32)26(30)34/h9-12,15-16H,1-8,13-14H2. The van der Waals surface area contributed by atoms with Gasteiger partial charge in [0.05, 0.1) is 22.5 Å². The molecule has 0 saturated carbocycles. The average Bonchev–Trinajstić information content (AvgIpc) is 3.19. The molecule has 0 unspecified atom stereocenters. The summed E-state index contributed by atoms with van der Waals surface area (Å²) in [6.07, 6.45) is 8.00. The lowest BCUT2D eigenvalue weighted by molar-refractivity contribution is -0.114. The predicted molar refractivity (Wildman–Crippen MR) is 133 cm³/mol. The number of benzene rings is 2. The molecule has 0 saturated heterocycles. The van der Waals surface area contributed by atoms with Crippen LogP contribution in [0.2, 0.25) is 10.0 Å². The Hall–Kier alpha value is -2.70. The van der Waals surface area contributed by atoms with Crippen molar-refractivity contribution in [3.05, 3.63) is 57.6 Å². The second-order valence-electron chi connectivity index (χ2n) is 8.72. The highest BCUT2D eigenvalue weighted by Crippen LogP contribution is 2.32. The monoisotopic (exact) mass is 500 g/mol. The van der Waals surface area contributed by atoms with Crippen LogP contribution in [0.5, 0.6) is 0 Å². The number of carbonyl (C=O) groups excluding carboxylic acids is 4. The highest BCUT2D eigenvalue weighted by Gasteiger charge is 2.36. The van der Waals surface area contributed by atoms with E-state index in [-0.39, 0.29) is 0 Å². The molecular weight excluding hydrogens is 475 g/mol. The van der Waals surface area contributed by atoms with Crippen molar-refractivity contribution in [1.29, 1.82) is 0 Å². The molecule has 2 aromatic carbocycles. The maximum Gasteiger partial charge on any atom is 0.299 e. The van der Waals surface area contributed by atoms with E-state index in [9.17, 15) is 19.2 Å². The minimum Gasteiger partial charge on any atom is -0.305 e. The second-order valence-corrected chi connectivity index (χ2v) is 9.60. The lowest BCUT2D eigenvalue weighted by atomic mass is 10.1. The maximum atomic E-state index is 12.2. The summed E-state index contributed by atoms with van der Waals surface area (Å²) in [4.78, 5) is 51.8. The van der Waals surface area contributed by atoms with Gasteiger partial charge in [-0.1, -0.05) is 61.7 Å². The van der Waals surface area contributed by atoms with Crippen LogP contribution in [-0.2, 0) is 9.59 Å². The molecule has 0 radical (unpaired) electrons. The first-order valence-corrected chi connectivity index (χ1v) is 12.5. The van der Waals surface area contributed by atoms with E-state index in [2.05, 4.69) is 0 Å². The summed E-state index contributed by atoms with van der Waals surface area (Å²) >= 11 is 11.9. The third-order valence-electron chi connectivity index (χ3n) is 6.38. The highest BCUT2D eigenvalue weighted by atomic mass is 35.5. The van der Waals surface area contributed by atoms with E-state index in [1.165, 1.54) is 0 Å². The summed E-state index contributed by atoms with van der Waals surface area (Å²) in [5.74, 6) is -1.91. The molecule has 178 valence electrons. The van der Waals surface area contributed by atoms with Crippen LogP contribution in [0.25, 0.3) is 0 Å². The van der Waals surface area contributed by atoms with Crippen molar-refractivity contribution < 1.29 is 19.2 Å². The normalized spacial score (nSPS) is 14.9. The second kappa shape index (κ2) is 10.7. The molecule has 34 heavy (non-hydrogen) atoms. The molecule has 6 nitrogen and oxygen atoms in total. The Morgan fingerprint density at radius 2 is 0.882 bits per heavy atom. The van der Waals surface area contributed by atoms with Crippen LogP contribution in [-0.4, -0.2) is 36.5 Å². The first-order valence-electron chi connectivity index (χ1n) is 11.7. The number of carbonyl (C=O) groups is 4. The SMILES string of the molecule is O=C1C(=O)N(CCCCCCCCCCN2C(=O)C(=O)c3cc(Cl)ccc32)c2ccc(Cl)cc21. The molecule has 0 aliphatic carbocycles. The van der Waals surface area contributed by atoms with E-state index >= 15 is 0 Å². The number of ketones is 2. The number of Topliss-reactive ketones (excluding diaryl/α,β-unsaturated/α-hetero) is 2. The van der Waals surface area contributed by atoms with Gasteiger partial charge in [-0.15, -0.1) is 0 Å². The fraction of sp³-hybridized carbons (Fsp3) is 0.385. The van der Waals surface area contributed by atoms with E-state index in [1.54, 1.807) is 46.2 Å². The predicted octanol–water partition coefficient (Wildman–Crippen LogP) is 5.87. The van der Waals surface area contributed by atoms with E-state index in [4.69, 9.17) is 23.2 Å². The van der Waals surface area contributed by atoms with Gasteiger partial charge in [0.2, 0.25) is 0 Å². The zero-order valence-electron chi connectivity index (χ0n) is 18.8. The van der Waals surface area contributed by atoms with Gasteiger partial charge in [-0.05, 0) is 49.2 Å². The van der Waals surface area contributed by atoms with Crippen molar-refractivity contribution in [2.24, 2.45) is 0 Å². The van der Waals surface area contributed by atoms with Gasteiger partial charge >= 0.3 is 0 Å². The van der Waals surface area contributed by atoms with Crippen LogP contribution in [0, 0.1) is 0 Å². The number of halogens is 2. The molecule has 0 spiro atoms. The van der Waals surface area contributed by atoms with Gasteiger partial charge in [0.25, 0.3) is 23.4 Å². The van der Waals surface area contributed by atoms with Gasteiger partial charge in [-0.25, -0.2) is 0 Å². The number of anilines is 2. The zero-order valence-corrected chi connectivity index (χ0v) is 20.3. The summed E-state index contributed by atoms with van der Waals surface area (Å²) in [6, 6.07) is 9.99. The molecule has 2 amide bonds. The minimum absolute atomic E-state index is 0.393. The Morgan fingerprint density at radius 3 is 1.26 bits per heavy atom. The summed E-state index contributed by atoms with van der Waals surface area (Å²) in [5, 5.41) is 0.911. The maximum absolute atomic E-state index is 12.2. The van der Waals surface area contributed by atoms with E-state index in [0.29, 0.717) is 45.6 Å². The number of nitrogens with zero attached hydrogens (tertiary/aromatic N) is 2. The van der Waals surface area contributed by atoms with Crippen molar-refractivity contribution >= 4 is 58.0 Å². The number of hydrogen-bond donors (Lipinski definition) is 0. The number of amides is 2. The van der Waals surface area contributed by atoms with Gasteiger partial charge in [0.1, 0.15) is 0 Å². The fourth-order valence-corrected chi connectivity index (χ4v) is 4.93. The minimum atomic E-state index is -0.482. The zero-order chi connectivity index (χ0) is 24.2. The smallest absolute Gasteiger partial charge is 0.299 e. The van der Waals surface area contributed by atoms with E-state index in [1.807, 2.05) is 0 Å². The third kappa shape index (κ3) is 5.03. The Kier molecular flexibility index (Phi) is 7.69. The van der Waals surface area contributed by atoms with Gasteiger partial charge in [0, 0.05) is 23.1 Å². The average molecular weight is 501 g/mol. The quantitative estimate of drug-likeness (QED) is 0.285. The van der Waals surface area contributed by atoms with Crippen LogP contribution in [0.1, 0.15) is 72.1 Å². The van der Waals surface area contributed by atoms with Crippen molar-refractivity contribution in [2.75, 3.05) is 22.9 Å². The Balaban J connectivity index is 1.10. The third-order valence-corrected chi connectivity index (χ3v) is 6.85. The molecule has 0 N–H and O–H groups in total. The number of rotatable bonds is 11. The molecule has 0 fully saturated rings. The summed E-state index contributed by atoms with van der Waals surface area (Å²) in [7, 11) is 0. The van der Waals surface area contributed by atoms with E-state index in [0.717, 1.165) is 51.4 Å². The van der Waals surface area contributed by atoms with Crippen LogP contribution < -0.4 is 9.80 Å². The molecule has 2 heterocycles. The largest absolute Gasteiger partial charge is 0.305 e. The molecule has 2 aliphatic heterocycles. The topological polar surface area (TPSA) is 74.8 Å². The first kappa shape index (κ1) is 24.4. The Morgan fingerprint density at radius 1 is 0.529 bits per heavy atom. The number of unbranched alkanes of at least 4 members (excludes halogenated alkanes) is 7. The van der Waals surface area contributed by atoms with Crippen molar-refractivity contribution in [2.45, 2.75) is 51.4 Å². The highest BCUT2D eigenvalue weighted by molar-refractivity contribution is 6.53.